The first-order chi connectivity index (χ1) is 10.7. The second kappa shape index (κ2) is 6.22. The molecule has 0 fully saturated rings. The molecule has 0 unspecified atom stereocenters. The van der Waals surface area contributed by atoms with Crippen molar-refractivity contribution < 1.29 is 14.3 Å². The van der Waals surface area contributed by atoms with E-state index in [1.165, 1.54) is 0 Å². The molecular weight excluding hydrogens is 280 g/mol. The first-order valence-electron chi connectivity index (χ1n) is 7.66. The number of hydrogen-bond donors (Lipinski definition) is 0. The molecule has 0 aliphatic carbocycles. The monoisotopic (exact) mass is 300 g/mol. The average molecular weight is 300 g/mol. The van der Waals surface area contributed by atoms with Crippen molar-refractivity contribution in [1.82, 2.24) is 9.78 Å². The van der Waals surface area contributed by atoms with Crippen molar-refractivity contribution in [2.45, 2.75) is 39.3 Å². The van der Waals surface area contributed by atoms with Gasteiger partial charge in [-0.05, 0) is 19.4 Å². The van der Waals surface area contributed by atoms with Crippen molar-refractivity contribution in [2.75, 3.05) is 6.61 Å². The third-order valence-corrected chi connectivity index (χ3v) is 3.73. The lowest BCUT2D eigenvalue weighted by molar-refractivity contribution is 0.0513. The average Bonchev–Trinajstić information content (AvgIpc) is 2.85. The van der Waals surface area contributed by atoms with Gasteiger partial charge in [0, 0.05) is 19.4 Å². The molecule has 0 saturated heterocycles. The van der Waals surface area contributed by atoms with Crippen molar-refractivity contribution >= 4 is 5.97 Å². The zero-order valence-electron chi connectivity index (χ0n) is 12.9. The standard InChI is InChI=1S/C17H20N2O3/c1-3-21-17(20)15-14(11-13-7-5-4-6-8-13)18-19-10-9-12(2)22-16(15)19/h4-8,12H,3,9-11H2,1-2H3/t12-/m0/s1. The summed E-state index contributed by atoms with van der Waals surface area (Å²) in [5.41, 5.74) is 2.29. The van der Waals surface area contributed by atoms with Crippen LogP contribution in [-0.4, -0.2) is 28.5 Å². The Bertz CT molecular complexity index is 664. The number of aryl methyl sites for hydroxylation is 1. The number of carbonyl (C=O) groups is 1. The molecule has 0 N–H and O–H groups in total. The molecule has 2 aromatic rings. The van der Waals surface area contributed by atoms with Crippen molar-refractivity contribution in [1.29, 1.82) is 0 Å². The van der Waals surface area contributed by atoms with Gasteiger partial charge in [0.05, 0.1) is 18.4 Å². The van der Waals surface area contributed by atoms with Gasteiger partial charge in [-0.3, -0.25) is 0 Å². The molecule has 0 amide bonds. The third-order valence-electron chi connectivity index (χ3n) is 3.73. The van der Waals surface area contributed by atoms with Crippen LogP contribution in [0.5, 0.6) is 5.88 Å². The summed E-state index contributed by atoms with van der Waals surface area (Å²) in [5.74, 6) is 0.187. The summed E-state index contributed by atoms with van der Waals surface area (Å²) in [6.07, 6.45) is 1.57. The summed E-state index contributed by atoms with van der Waals surface area (Å²) in [6.45, 7) is 4.90. The number of aromatic nitrogens is 2. The maximum Gasteiger partial charge on any atom is 0.345 e. The molecule has 0 spiro atoms. The fraction of sp³-hybridized carbons (Fsp3) is 0.412. The van der Waals surface area contributed by atoms with E-state index in [9.17, 15) is 4.79 Å². The van der Waals surface area contributed by atoms with Crippen molar-refractivity contribution in [2.24, 2.45) is 0 Å². The molecule has 1 aromatic heterocycles. The van der Waals surface area contributed by atoms with Gasteiger partial charge < -0.3 is 9.47 Å². The summed E-state index contributed by atoms with van der Waals surface area (Å²) >= 11 is 0. The molecule has 5 nitrogen and oxygen atoms in total. The summed E-state index contributed by atoms with van der Waals surface area (Å²) < 4.78 is 12.8. The number of esters is 1. The molecule has 1 aromatic carbocycles. The van der Waals surface area contributed by atoms with E-state index in [1.807, 2.05) is 37.3 Å². The summed E-state index contributed by atoms with van der Waals surface area (Å²) in [5, 5.41) is 4.57. The Kier molecular flexibility index (Phi) is 4.13. The normalized spacial score (nSPS) is 16.7. The van der Waals surface area contributed by atoms with Gasteiger partial charge >= 0.3 is 5.97 Å². The molecule has 3 rings (SSSR count). The Morgan fingerprint density at radius 3 is 2.91 bits per heavy atom. The Morgan fingerprint density at radius 1 is 1.41 bits per heavy atom. The molecule has 5 heteroatoms. The highest BCUT2D eigenvalue weighted by atomic mass is 16.5. The van der Waals surface area contributed by atoms with E-state index in [0.717, 1.165) is 18.5 Å². The lowest BCUT2D eigenvalue weighted by Gasteiger charge is -2.21. The lowest BCUT2D eigenvalue weighted by atomic mass is 10.1. The van der Waals surface area contributed by atoms with Crippen LogP contribution < -0.4 is 4.74 Å². The van der Waals surface area contributed by atoms with Gasteiger partial charge in [-0.15, -0.1) is 0 Å². The highest BCUT2D eigenvalue weighted by Gasteiger charge is 2.30. The van der Waals surface area contributed by atoms with Crippen LogP contribution in [0, 0.1) is 0 Å². The number of carbonyl (C=O) groups excluding carboxylic acids is 1. The van der Waals surface area contributed by atoms with Gasteiger partial charge in [0.25, 0.3) is 0 Å². The number of benzene rings is 1. The van der Waals surface area contributed by atoms with Crippen molar-refractivity contribution in [3.8, 4) is 5.88 Å². The second-order valence-corrected chi connectivity index (χ2v) is 5.45. The van der Waals surface area contributed by atoms with Crippen LogP contribution in [0.2, 0.25) is 0 Å². The Morgan fingerprint density at radius 2 is 2.18 bits per heavy atom. The summed E-state index contributed by atoms with van der Waals surface area (Å²) in [4.78, 5) is 12.3. The topological polar surface area (TPSA) is 53.3 Å². The molecule has 1 aliphatic heterocycles. The minimum absolute atomic E-state index is 0.0851. The number of ether oxygens (including phenoxy) is 2. The second-order valence-electron chi connectivity index (χ2n) is 5.45. The van der Waals surface area contributed by atoms with E-state index in [1.54, 1.807) is 11.6 Å². The van der Waals surface area contributed by atoms with Crippen molar-refractivity contribution in [3.05, 3.63) is 47.2 Å². The highest BCUT2D eigenvalue weighted by Crippen LogP contribution is 2.30. The van der Waals surface area contributed by atoms with E-state index in [0.29, 0.717) is 30.2 Å². The molecule has 2 heterocycles. The molecule has 22 heavy (non-hydrogen) atoms. The van der Waals surface area contributed by atoms with Crippen LogP contribution in [0.1, 0.15) is 41.9 Å². The molecule has 0 radical (unpaired) electrons. The van der Waals surface area contributed by atoms with Gasteiger partial charge in [-0.2, -0.15) is 5.10 Å². The van der Waals surface area contributed by atoms with E-state index in [-0.39, 0.29) is 12.1 Å². The Balaban J connectivity index is 1.99. The van der Waals surface area contributed by atoms with Gasteiger partial charge in [0.2, 0.25) is 5.88 Å². The van der Waals surface area contributed by atoms with Gasteiger partial charge in [0.15, 0.2) is 0 Å². The van der Waals surface area contributed by atoms with E-state index < -0.39 is 0 Å². The number of fused-ring (bicyclic) bond motifs is 1. The zero-order chi connectivity index (χ0) is 15.5. The predicted molar refractivity (Wildman–Crippen MR) is 82.1 cm³/mol. The number of rotatable bonds is 4. The van der Waals surface area contributed by atoms with E-state index in [4.69, 9.17) is 9.47 Å². The highest BCUT2D eigenvalue weighted by molar-refractivity contribution is 5.93. The first-order valence-corrected chi connectivity index (χ1v) is 7.66. The SMILES string of the molecule is CCOC(=O)c1c(Cc2ccccc2)nn2c1O[C@@H](C)CC2. The third kappa shape index (κ3) is 2.84. The van der Waals surface area contributed by atoms with Gasteiger partial charge in [-0.1, -0.05) is 30.3 Å². The maximum atomic E-state index is 12.3. The predicted octanol–water partition coefficient (Wildman–Crippen LogP) is 2.82. The van der Waals surface area contributed by atoms with Crippen LogP contribution in [0.3, 0.4) is 0 Å². The summed E-state index contributed by atoms with van der Waals surface area (Å²) in [6, 6.07) is 9.98. The van der Waals surface area contributed by atoms with E-state index in [2.05, 4.69) is 5.10 Å². The minimum atomic E-state index is -0.358. The molecule has 0 bridgehead atoms. The van der Waals surface area contributed by atoms with Gasteiger partial charge in [0.1, 0.15) is 5.56 Å². The smallest absolute Gasteiger partial charge is 0.345 e. The molecule has 0 saturated carbocycles. The molecular formula is C17H20N2O3. The summed E-state index contributed by atoms with van der Waals surface area (Å²) in [7, 11) is 0. The van der Waals surface area contributed by atoms with Crippen LogP contribution in [0.4, 0.5) is 0 Å². The van der Waals surface area contributed by atoms with Crippen LogP contribution in [0.25, 0.3) is 0 Å². The molecule has 1 atom stereocenters. The maximum absolute atomic E-state index is 12.3. The van der Waals surface area contributed by atoms with Gasteiger partial charge in [-0.25, -0.2) is 9.48 Å². The molecule has 116 valence electrons. The van der Waals surface area contributed by atoms with Crippen LogP contribution in [0.15, 0.2) is 30.3 Å². The number of hydrogen-bond acceptors (Lipinski definition) is 4. The largest absolute Gasteiger partial charge is 0.474 e. The fourth-order valence-electron chi connectivity index (χ4n) is 2.64. The Labute approximate surface area is 129 Å². The quantitative estimate of drug-likeness (QED) is 0.815. The minimum Gasteiger partial charge on any atom is -0.474 e. The van der Waals surface area contributed by atoms with E-state index >= 15 is 0 Å². The van der Waals surface area contributed by atoms with Crippen LogP contribution >= 0.6 is 0 Å². The molecule has 1 aliphatic rings. The zero-order valence-corrected chi connectivity index (χ0v) is 12.9. The lowest BCUT2D eigenvalue weighted by Crippen LogP contribution is -2.24. The Hall–Kier alpha value is -2.30. The van der Waals surface area contributed by atoms with Crippen LogP contribution in [-0.2, 0) is 17.7 Å². The first kappa shape index (κ1) is 14.6. The van der Waals surface area contributed by atoms with Crippen molar-refractivity contribution in [3.63, 3.8) is 0 Å². The fourth-order valence-corrected chi connectivity index (χ4v) is 2.64. The number of nitrogens with zero attached hydrogens (tertiary/aromatic N) is 2.